The quantitative estimate of drug-likeness (QED) is 0.835. The van der Waals surface area contributed by atoms with E-state index >= 15 is 0 Å². The van der Waals surface area contributed by atoms with Gasteiger partial charge in [-0.2, -0.15) is 5.10 Å². The van der Waals surface area contributed by atoms with Crippen LogP contribution < -0.4 is 5.32 Å². The average molecular weight is 259 g/mol. The Morgan fingerprint density at radius 1 is 1.37 bits per heavy atom. The molecule has 5 nitrogen and oxygen atoms in total. The van der Waals surface area contributed by atoms with Crippen LogP contribution in [0, 0.1) is 0 Å². The zero-order valence-electron chi connectivity index (χ0n) is 10.8. The van der Waals surface area contributed by atoms with Crippen molar-refractivity contribution in [1.82, 2.24) is 10.2 Å². The van der Waals surface area contributed by atoms with E-state index in [-0.39, 0.29) is 12.5 Å². The molecule has 0 atom stereocenters. The molecule has 1 aromatic carbocycles. The Labute approximate surface area is 112 Å². The molecule has 2 N–H and O–H groups in total. The summed E-state index contributed by atoms with van der Waals surface area (Å²) in [7, 11) is 0. The Balaban J connectivity index is 1.76. The van der Waals surface area contributed by atoms with Crippen molar-refractivity contribution in [2.75, 3.05) is 11.9 Å². The molecule has 1 amide bonds. The van der Waals surface area contributed by atoms with E-state index in [0.717, 1.165) is 17.5 Å². The lowest BCUT2D eigenvalue weighted by Gasteiger charge is -2.06. The van der Waals surface area contributed by atoms with Crippen molar-refractivity contribution >= 4 is 11.7 Å². The molecule has 0 unspecified atom stereocenters. The Morgan fingerprint density at radius 3 is 2.89 bits per heavy atom. The number of aromatic amines is 1. The van der Waals surface area contributed by atoms with Crippen LogP contribution in [0.4, 0.5) is 5.82 Å². The molecule has 0 aliphatic heterocycles. The highest BCUT2D eigenvalue weighted by Crippen LogP contribution is 2.10. The largest absolute Gasteiger partial charge is 0.367 e. The Bertz CT molecular complexity index is 522. The van der Waals surface area contributed by atoms with Gasteiger partial charge in [0.15, 0.2) is 0 Å². The Morgan fingerprint density at radius 2 is 2.16 bits per heavy atom. The first kappa shape index (κ1) is 13.3. The summed E-state index contributed by atoms with van der Waals surface area (Å²) >= 11 is 0. The van der Waals surface area contributed by atoms with Crippen molar-refractivity contribution < 1.29 is 9.53 Å². The number of nitrogens with zero attached hydrogens (tertiary/aromatic N) is 1. The van der Waals surface area contributed by atoms with Gasteiger partial charge in [0.25, 0.3) is 5.91 Å². The molecule has 0 bridgehead atoms. The number of carbonyl (C=O) groups excluding carboxylic acids is 1. The van der Waals surface area contributed by atoms with E-state index in [0.29, 0.717) is 12.4 Å². The van der Waals surface area contributed by atoms with Crippen molar-refractivity contribution in [2.24, 2.45) is 0 Å². The van der Waals surface area contributed by atoms with Crippen LogP contribution in [-0.2, 0) is 22.6 Å². The highest BCUT2D eigenvalue weighted by molar-refractivity contribution is 5.91. The highest BCUT2D eigenvalue weighted by Gasteiger charge is 2.07. The van der Waals surface area contributed by atoms with Gasteiger partial charge < -0.3 is 10.1 Å². The van der Waals surface area contributed by atoms with Gasteiger partial charge in [-0.3, -0.25) is 9.89 Å². The lowest BCUT2D eigenvalue weighted by Crippen LogP contribution is -2.19. The van der Waals surface area contributed by atoms with Gasteiger partial charge in [0.2, 0.25) is 0 Å². The number of hydrogen-bond acceptors (Lipinski definition) is 3. The maximum atomic E-state index is 11.7. The predicted octanol–water partition coefficient (Wildman–Crippen LogP) is 2.13. The summed E-state index contributed by atoms with van der Waals surface area (Å²) in [5.74, 6) is 0.464. The monoisotopic (exact) mass is 259 g/mol. The molecule has 0 saturated carbocycles. The molecule has 0 saturated heterocycles. The zero-order chi connectivity index (χ0) is 13.5. The van der Waals surface area contributed by atoms with Crippen LogP contribution in [-0.4, -0.2) is 22.7 Å². The molecule has 1 heterocycles. The number of H-pyrrole nitrogens is 1. The third kappa shape index (κ3) is 3.93. The van der Waals surface area contributed by atoms with E-state index in [2.05, 4.69) is 15.5 Å². The molecule has 0 radical (unpaired) electrons. The number of rotatable bonds is 6. The number of amides is 1. The summed E-state index contributed by atoms with van der Waals surface area (Å²) in [5.41, 5.74) is 2.03. The molecule has 1 aromatic heterocycles. The summed E-state index contributed by atoms with van der Waals surface area (Å²) in [4.78, 5) is 11.7. The molecule has 0 aliphatic rings. The van der Waals surface area contributed by atoms with Crippen molar-refractivity contribution in [2.45, 2.75) is 20.0 Å². The summed E-state index contributed by atoms with van der Waals surface area (Å²) in [6.45, 7) is 2.46. The van der Waals surface area contributed by atoms with E-state index in [1.165, 1.54) is 0 Å². The van der Waals surface area contributed by atoms with Crippen molar-refractivity contribution in [3.8, 4) is 0 Å². The van der Waals surface area contributed by atoms with Crippen LogP contribution in [0.15, 0.2) is 36.5 Å². The fraction of sp³-hybridized carbons (Fsp3) is 0.286. The topological polar surface area (TPSA) is 67.0 Å². The van der Waals surface area contributed by atoms with Crippen LogP contribution in [0.2, 0.25) is 0 Å². The van der Waals surface area contributed by atoms with E-state index in [1.807, 2.05) is 37.3 Å². The van der Waals surface area contributed by atoms with E-state index in [1.54, 1.807) is 6.20 Å². The first-order valence-electron chi connectivity index (χ1n) is 6.23. The van der Waals surface area contributed by atoms with Gasteiger partial charge in [0, 0.05) is 5.56 Å². The molecule has 0 fully saturated rings. The third-order valence-electron chi connectivity index (χ3n) is 2.71. The number of aryl methyl sites for hydroxylation is 1. The van der Waals surface area contributed by atoms with E-state index in [9.17, 15) is 4.79 Å². The lowest BCUT2D eigenvalue weighted by atomic mass is 10.2. The molecule has 5 heteroatoms. The van der Waals surface area contributed by atoms with E-state index < -0.39 is 0 Å². The van der Waals surface area contributed by atoms with Crippen LogP contribution in [0.1, 0.15) is 18.1 Å². The van der Waals surface area contributed by atoms with Crippen LogP contribution >= 0.6 is 0 Å². The number of aromatic nitrogens is 2. The SMILES string of the molecule is CCc1cn[nH]c1NC(=O)COCc1ccccc1. The number of benzene rings is 1. The number of ether oxygens (including phenoxy) is 1. The number of nitrogens with one attached hydrogen (secondary N) is 2. The van der Waals surface area contributed by atoms with Gasteiger partial charge in [-0.05, 0) is 12.0 Å². The standard InChI is InChI=1S/C14H17N3O2/c1-2-12-8-15-17-14(12)16-13(18)10-19-9-11-6-4-3-5-7-11/h3-8H,2,9-10H2,1H3,(H2,15,16,17,18). The third-order valence-corrected chi connectivity index (χ3v) is 2.71. The second kappa shape index (κ2) is 6.70. The minimum Gasteiger partial charge on any atom is -0.367 e. The van der Waals surface area contributed by atoms with Gasteiger partial charge >= 0.3 is 0 Å². The van der Waals surface area contributed by atoms with Gasteiger partial charge in [-0.1, -0.05) is 37.3 Å². The lowest BCUT2D eigenvalue weighted by molar-refractivity contribution is -0.121. The average Bonchev–Trinajstić information content (AvgIpc) is 2.87. The van der Waals surface area contributed by atoms with E-state index in [4.69, 9.17) is 4.74 Å². The molecular formula is C14H17N3O2. The second-order valence-corrected chi connectivity index (χ2v) is 4.15. The summed E-state index contributed by atoms with van der Waals surface area (Å²) in [5, 5.41) is 9.40. The van der Waals surface area contributed by atoms with Gasteiger partial charge in [0.1, 0.15) is 12.4 Å². The molecule has 100 valence electrons. The van der Waals surface area contributed by atoms with Crippen LogP contribution in [0.3, 0.4) is 0 Å². The van der Waals surface area contributed by atoms with Gasteiger partial charge in [0.05, 0.1) is 12.8 Å². The molecule has 2 rings (SSSR count). The summed E-state index contributed by atoms with van der Waals surface area (Å²) < 4.78 is 5.36. The number of anilines is 1. The maximum Gasteiger partial charge on any atom is 0.251 e. The summed E-state index contributed by atoms with van der Waals surface area (Å²) in [6.07, 6.45) is 2.53. The first-order chi connectivity index (χ1) is 9.29. The Kier molecular flexibility index (Phi) is 4.69. The Hall–Kier alpha value is -2.14. The molecular weight excluding hydrogens is 242 g/mol. The molecule has 0 aliphatic carbocycles. The fourth-order valence-electron chi connectivity index (χ4n) is 1.70. The predicted molar refractivity (Wildman–Crippen MR) is 72.7 cm³/mol. The van der Waals surface area contributed by atoms with Crippen LogP contribution in [0.25, 0.3) is 0 Å². The smallest absolute Gasteiger partial charge is 0.251 e. The molecule has 2 aromatic rings. The minimum atomic E-state index is -0.185. The van der Waals surface area contributed by atoms with Gasteiger partial charge in [-0.15, -0.1) is 0 Å². The summed E-state index contributed by atoms with van der Waals surface area (Å²) in [6, 6.07) is 9.75. The molecule has 19 heavy (non-hydrogen) atoms. The molecule has 0 spiro atoms. The number of hydrogen-bond donors (Lipinski definition) is 2. The highest BCUT2D eigenvalue weighted by atomic mass is 16.5. The number of carbonyl (C=O) groups is 1. The normalized spacial score (nSPS) is 10.4. The maximum absolute atomic E-state index is 11.7. The fourth-order valence-corrected chi connectivity index (χ4v) is 1.70. The van der Waals surface area contributed by atoms with Crippen molar-refractivity contribution in [1.29, 1.82) is 0 Å². The van der Waals surface area contributed by atoms with Crippen LogP contribution in [0.5, 0.6) is 0 Å². The van der Waals surface area contributed by atoms with Crippen molar-refractivity contribution in [3.63, 3.8) is 0 Å². The minimum absolute atomic E-state index is 0.0249. The van der Waals surface area contributed by atoms with Gasteiger partial charge in [-0.25, -0.2) is 0 Å². The first-order valence-corrected chi connectivity index (χ1v) is 6.23. The van der Waals surface area contributed by atoms with Crippen molar-refractivity contribution in [3.05, 3.63) is 47.7 Å². The second-order valence-electron chi connectivity index (χ2n) is 4.15. The zero-order valence-corrected chi connectivity index (χ0v) is 10.8.